The second kappa shape index (κ2) is 7.61. The van der Waals surface area contributed by atoms with Gasteiger partial charge in [0.1, 0.15) is 5.76 Å². The Hall–Kier alpha value is -3.15. The monoisotopic (exact) mass is 338 g/mol. The van der Waals surface area contributed by atoms with Crippen LogP contribution in [0.5, 0.6) is 0 Å². The molecule has 0 aliphatic rings. The first-order chi connectivity index (χ1) is 12.2. The van der Waals surface area contributed by atoms with Gasteiger partial charge in [0.05, 0.1) is 6.54 Å². The molecule has 0 amide bonds. The lowest BCUT2D eigenvalue weighted by Crippen LogP contribution is -2.14. The second-order valence-electron chi connectivity index (χ2n) is 5.52. The number of aryl methyl sites for hydroxylation is 1. The summed E-state index contributed by atoms with van der Waals surface area (Å²) in [7, 11) is 0. The lowest BCUT2D eigenvalue weighted by atomic mass is 10.1. The number of ketones is 1. The van der Waals surface area contributed by atoms with E-state index in [9.17, 15) is 9.59 Å². The molecule has 0 saturated carbocycles. The lowest BCUT2D eigenvalue weighted by Gasteiger charge is -2.04. The standard InChI is InChI=1S/C19H18N2O4/c1-2-14-4-6-15(7-5-14)17(22)13-24-19(23)18-9-8-16(25-18)12-21-11-3-10-20-21/h3-11H,2,12-13H2,1H3. The van der Waals surface area contributed by atoms with Crippen LogP contribution in [-0.4, -0.2) is 28.1 Å². The maximum absolute atomic E-state index is 12.1. The van der Waals surface area contributed by atoms with Crippen LogP contribution < -0.4 is 0 Å². The number of esters is 1. The molecule has 6 nitrogen and oxygen atoms in total. The van der Waals surface area contributed by atoms with Gasteiger partial charge in [0.15, 0.2) is 12.4 Å². The predicted octanol–water partition coefficient (Wildman–Crippen LogP) is 3.13. The number of ether oxygens (including phenoxy) is 1. The topological polar surface area (TPSA) is 74.3 Å². The molecule has 3 aromatic rings. The van der Waals surface area contributed by atoms with Gasteiger partial charge in [-0.25, -0.2) is 4.79 Å². The summed E-state index contributed by atoms with van der Waals surface area (Å²) in [6.07, 6.45) is 4.36. The van der Waals surface area contributed by atoms with Crippen molar-refractivity contribution < 1.29 is 18.7 Å². The van der Waals surface area contributed by atoms with Crippen molar-refractivity contribution in [1.82, 2.24) is 9.78 Å². The van der Waals surface area contributed by atoms with Crippen molar-refractivity contribution in [2.75, 3.05) is 6.61 Å². The minimum absolute atomic E-state index is 0.0660. The largest absolute Gasteiger partial charge is 0.452 e. The molecule has 2 heterocycles. The van der Waals surface area contributed by atoms with Crippen LogP contribution in [-0.2, 0) is 17.7 Å². The molecule has 2 aromatic heterocycles. The highest BCUT2D eigenvalue weighted by Crippen LogP contribution is 2.11. The summed E-state index contributed by atoms with van der Waals surface area (Å²) in [6.45, 7) is 2.14. The summed E-state index contributed by atoms with van der Waals surface area (Å²) in [5.41, 5.74) is 1.66. The molecule has 0 fully saturated rings. The molecule has 0 atom stereocenters. The molecule has 6 heteroatoms. The van der Waals surface area contributed by atoms with Gasteiger partial charge in [0.25, 0.3) is 0 Å². The summed E-state index contributed by atoms with van der Waals surface area (Å²) in [5.74, 6) is -0.266. The summed E-state index contributed by atoms with van der Waals surface area (Å²) in [5, 5.41) is 4.07. The Balaban J connectivity index is 1.55. The molecule has 3 rings (SSSR count). The number of hydrogen-bond donors (Lipinski definition) is 0. The molecule has 0 radical (unpaired) electrons. The van der Waals surface area contributed by atoms with Crippen LogP contribution in [0.25, 0.3) is 0 Å². The van der Waals surface area contributed by atoms with E-state index in [-0.39, 0.29) is 18.2 Å². The van der Waals surface area contributed by atoms with Crippen molar-refractivity contribution in [1.29, 1.82) is 0 Å². The number of hydrogen-bond acceptors (Lipinski definition) is 5. The molecule has 0 bridgehead atoms. The number of rotatable bonds is 7. The van der Waals surface area contributed by atoms with Crippen molar-refractivity contribution in [3.05, 3.63) is 77.5 Å². The van der Waals surface area contributed by atoms with Gasteiger partial charge < -0.3 is 9.15 Å². The van der Waals surface area contributed by atoms with Crippen molar-refractivity contribution in [2.24, 2.45) is 0 Å². The van der Waals surface area contributed by atoms with Gasteiger partial charge in [-0.3, -0.25) is 9.48 Å². The fourth-order valence-electron chi connectivity index (χ4n) is 2.34. The third kappa shape index (κ3) is 4.23. The van der Waals surface area contributed by atoms with Crippen LogP contribution in [0, 0.1) is 0 Å². The first-order valence-corrected chi connectivity index (χ1v) is 8.01. The highest BCUT2D eigenvalue weighted by molar-refractivity contribution is 5.98. The van der Waals surface area contributed by atoms with Gasteiger partial charge >= 0.3 is 5.97 Å². The number of furan rings is 1. The maximum atomic E-state index is 12.1. The van der Waals surface area contributed by atoms with E-state index in [1.807, 2.05) is 19.1 Å². The SMILES string of the molecule is CCc1ccc(C(=O)COC(=O)c2ccc(Cn3cccn3)o2)cc1. The number of aromatic nitrogens is 2. The third-order valence-corrected chi connectivity index (χ3v) is 3.76. The lowest BCUT2D eigenvalue weighted by molar-refractivity contribution is 0.0442. The number of benzene rings is 1. The zero-order valence-corrected chi connectivity index (χ0v) is 13.8. The highest BCUT2D eigenvalue weighted by atomic mass is 16.5. The Morgan fingerprint density at radius 3 is 2.64 bits per heavy atom. The Morgan fingerprint density at radius 1 is 1.16 bits per heavy atom. The molecule has 0 aliphatic carbocycles. The molecule has 0 saturated heterocycles. The number of Topliss-reactive ketones (excluding diaryl/α,β-unsaturated/α-hetero) is 1. The summed E-state index contributed by atoms with van der Waals surface area (Å²) in [4.78, 5) is 24.1. The number of carbonyl (C=O) groups excluding carboxylic acids is 2. The molecular weight excluding hydrogens is 320 g/mol. The van der Waals surface area contributed by atoms with Crippen LogP contribution >= 0.6 is 0 Å². The molecule has 0 unspecified atom stereocenters. The summed E-state index contributed by atoms with van der Waals surface area (Å²) < 4.78 is 12.2. The first-order valence-electron chi connectivity index (χ1n) is 8.01. The summed E-state index contributed by atoms with van der Waals surface area (Å²) >= 11 is 0. The number of nitrogens with zero attached hydrogens (tertiary/aromatic N) is 2. The molecule has 0 aliphatic heterocycles. The maximum Gasteiger partial charge on any atom is 0.374 e. The normalized spacial score (nSPS) is 10.6. The van der Waals surface area contributed by atoms with Crippen molar-refractivity contribution in [2.45, 2.75) is 19.9 Å². The minimum Gasteiger partial charge on any atom is -0.452 e. The highest BCUT2D eigenvalue weighted by Gasteiger charge is 2.15. The first kappa shape index (κ1) is 16.7. The predicted molar refractivity (Wildman–Crippen MR) is 90.5 cm³/mol. The number of carbonyl (C=O) groups is 2. The fourth-order valence-corrected chi connectivity index (χ4v) is 2.34. The van der Waals surface area contributed by atoms with Crippen LogP contribution in [0.15, 0.2) is 59.3 Å². The van der Waals surface area contributed by atoms with Gasteiger partial charge in [0.2, 0.25) is 5.76 Å². The average Bonchev–Trinajstić information content (AvgIpc) is 3.32. The van der Waals surface area contributed by atoms with Crippen LogP contribution in [0.4, 0.5) is 0 Å². The van der Waals surface area contributed by atoms with Crippen molar-refractivity contribution >= 4 is 11.8 Å². The Morgan fingerprint density at radius 2 is 1.96 bits per heavy atom. The van der Waals surface area contributed by atoms with Gasteiger partial charge in [-0.2, -0.15) is 5.10 Å². The van der Waals surface area contributed by atoms with E-state index in [0.717, 1.165) is 12.0 Å². The molecule has 0 N–H and O–H groups in total. The molecule has 128 valence electrons. The van der Waals surface area contributed by atoms with Gasteiger partial charge in [-0.15, -0.1) is 0 Å². The van der Waals surface area contributed by atoms with Gasteiger partial charge in [-0.1, -0.05) is 31.2 Å². The quantitative estimate of drug-likeness (QED) is 0.489. The Bertz CT molecular complexity index is 848. The van der Waals surface area contributed by atoms with E-state index in [0.29, 0.717) is 17.9 Å². The van der Waals surface area contributed by atoms with Crippen LogP contribution in [0.1, 0.15) is 39.2 Å². The zero-order chi connectivity index (χ0) is 17.6. The zero-order valence-electron chi connectivity index (χ0n) is 13.8. The summed E-state index contributed by atoms with van der Waals surface area (Å²) in [6, 6.07) is 12.3. The molecule has 25 heavy (non-hydrogen) atoms. The van der Waals surface area contributed by atoms with E-state index in [1.165, 1.54) is 6.07 Å². The van der Waals surface area contributed by atoms with E-state index >= 15 is 0 Å². The van der Waals surface area contributed by atoms with Crippen LogP contribution in [0.3, 0.4) is 0 Å². The van der Waals surface area contributed by atoms with E-state index in [1.54, 1.807) is 41.3 Å². The Kier molecular flexibility index (Phi) is 5.09. The second-order valence-corrected chi connectivity index (χ2v) is 5.52. The van der Waals surface area contributed by atoms with Crippen LogP contribution in [0.2, 0.25) is 0 Å². The van der Waals surface area contributed by atoms with E-state index < -0.39 is 5.97 Å². The van der Waals surface area contributed by atoms with E-state index in [2.05, 4.69) is 5.10 Å². The third-order valence-electron chi connectivity index (χ3n) is 3.76. The van der Waals surface area contributed by atoms with Crippen molar-refractivity contribution in [3.8, 4) is 0 Å². The van der Waals surface area contributed by atoms with Crippen molar-refractivity contribution in [3.63, 3.8) is 0 Å². The van der Waals surface area contributed by atoms with Gasteiger partial charge in [0, 0.05) is 18.0 Å². The Labute approximate surface area is 145 Å². The molecule has 1 aromatic carbocycles. The average molecular weight is 338 g/mol. The fraction of sp³-hybridized carbons (Fsp3) is 0.211. The van der Waals surface area contributed by atoms with Gasteiger partial charge in [-0.05, 0) is 30.2 Å². The minimum atomic E-state index is -0.662. The molecule has 0 spiro atoms. The smallest absolute Gasteiger partial charge is 0.374 e. The van der Waals surface area contributed by atoms with E-state index in [4.69, 9.17) is 9.15 Å². The molecular formula is C19H18N2O4.